The molecule has 0 atom stereocenters. The van der Waals surface area contributed by atoms with Crippen LogP contribution in [0.15, 0.2) is 18.3 Å². The van der Waals surface area contributed by atoms with Crippen LogP contribution >= 0.6 is 0 Å². The molecule has 0 saturated heterocycles. The van der Waals surface area contributed by atoms with Crippen LogP contribution in [-0.4, -0.2) is 11.3 Å². The zero-order valence-corrected chi connectivity index (χ0v) is 8.58. The third-order valence-corrected chi connectivity index (χ3v) is 0.739. The van der Waals surface area contributed by atoms with Gasteiger partial charge in [0.05, 0.1) is 6.29 Å². The zero-order chi connectivity index (χ0) is 5.82. The van der Waals surface area contributed by atoms with Gasteiger partial charge in [-0.3, -0.25) is 4.98 Å². The summed E-state index contributed by atoms with van der Waals surface area (Å²) in [4.78, 5) is 13.6. The molecule has 1 aromatic rings. The molecule has 1 heterocycles. The maximum absolute atomic E-state index is 9.91. The van der Waals surface area contributed by atoms with Crippen molar-refractivity contribution < 1.29 is 37.5 Å². The average molecular weight is 210 g/mol. The molecular formula is C7H7NOY-2. The Morgan fingerprint density at radius 1 is 1.60 bits per heavy atom. The average Bonchev–Trinajstić information content (AvgIpc) is 1.90. The molecule has 0 aliphatic carbocycles. The van der Waals surface area contributed by atoms with E-state index >= 15 is 0 Å². The first-order valence-corrected chi connectivity index (χ1v) is 2.21. The molecule has 0 bridgehead atoms. The van der Waals surface area contributed by atoms with Crippen LogP contribution in [-0.2, 0) is 32.7 Å². The minimum Gasteiger partial charge on any atom is -0.372 e. The van der Waals surface area contributed by atoms with E-state index in [2.05, 4.69) is 11.1 Å². The van der Waals surface area contributed by atoms with Crippen LogP contribution in [0.1, 0.15) is 10.5 Å². The van der Waals surface area contributed by atoms with Crippen molar-refractivity contribution in [3.63, 3.8) is 0 Å². The van der Waals surface area contributed by atoms with Crippen LogP contribution in [0, 0.1) is 13.5 Å². The predicted octanol–water partition coefficient (Wildman–Crippen LogP) is 1.14. The minimum atomic E-state index is 0. The molecule has 0 aliphatic heterocycles. The molecule has 1 rings (SSSR count). The number of hydrogen-bond donors (Lipinski definition) is 0. The summed E-state index contributed by atoms with van der Waals surface area (Å²) in [6.07, 6.45) is 2.22. The van der Waals surface area contributed by atoms with Crippen LogP contribution in [0.5, 0.6) is 0 Å². The van der Waals surface area contributed by atoms with Crippen LogP contribution in [0.4, 0.5) is 0 Å². The number of pyridine rings is 1. The Balaban J connectivity index is 0. The summed E-state index contributed by atoms with van der Waals surface area (Å²) in [5, 5.41) is 0. The predicted molar refractivity (Wildman–Crippen MR) is 34.9 cm³/mol. The molecule has 1 aromatic heterocycles. The third-order valence-electron chi connectivity index (χ3n) is 0.739. The van der Waals surface area contributed by atoms with Crippen LogP contribution < -0.4 is 0 Å². The number of carbonyl (C=O) groups is 1. The van der Waals surface area contributed by atoms with Gasteiger partial charge < -0.3 is 12.2 Å². The number of aromatic nitrogens is 1. The molecule has 0 saturated carbocycles. The van der Waals surface area contributed by atoms with Crippen molar-refractivity contribution in [3.05, 3.63) is 37.5 Å². The Morgan fingerprint density at radius 3 is 2.60 bits per heavy atom. The van der Waals surface area contributed by atoms with Crippen LogP contribution in [0.3, 0.4) is 0 Å². The summed E-state index contributed by atoms with van der Waals surface area (Å²) in [6, 6.07) is 6.00. The fourth-order valence-electron chi connectivity index (χ4n) is 0.402. The molecule has 0 unspecified atom stereocenters. The molecule has 0 fully saturated rings. The van der Waals surface area contributed by atoms with Crippen molar-refractivity contribution in [1.29, 1.82) is 0 Å². The van der Waals surface area contributed by atoms with Gasteiger partial charge in [0.25, 0.3) is 0 Å². The van der Waals surface area contributed by atoms with E-state index < -0.39 is 0 Å². The molecular weight excluding hydrogens is 203 g/mol. The van der Waals surface area contributed by atoms with E-state index in [0.29, 0.717) is 12.0 Å². The summed E-state index contributed by atoms with van der Waals surface area (Å²) in [6.45, 7) is 0. The van der Waals surface area contributed by atoms with Gasteiger partial charge in [-0.1, -0.05) is 0 Å². The Kier molecular flexibility index (Phi) is 8.86. The third kappa shape index (κ3) is 3.86. The zero-order valence-electron chi connectivity index (χ0n) is 5.74. The minimum absolute atomic E-state index is 0. The van der Waals surface area contributed by atoms with Gasteiger partial charge in [0.2, 0.25) is 0 Å². The van der Waals surface area contributed by atoms with E-state index in [4.69, 9.17) is 0 Å². The van der Waals surface area contributed by atoms with E-state index in [9.17, 15) is 4.79 Å². The molecule has 1 radical (unpaired) electrons. The first-order chi connectivity index (χ1) is 3.93. The molecule has 0 aliphatic rings. The second-order valence-electron chi connectivity index (χ2n) is 1.28. The van der Waals surface area contributed by atoms with Gasteiger partial charge in [-0.2, -0.15) is 12.1 Å². The second-order valence-corrected chi connectivity index (χ2v) is 1.28. The normalized spacial score (nSPS) is 6.80. The van der Waals surface area contributed by atoms with Crippen molar-refractivity contribution in [2.75, 3.05) is 0 Å². The molecule has 10 heavy (non-hydrogen) atoms. The monoisotopic (exact) mass is 210 g/mol. The molecule has 0 N–H and O–H groups in total. The Morgan fingerprint density at radius 2 is 2.30 bits per heavy atom. The van der Waals surface area contributed by atoms with Crippen molar-refractivity contribution >= 4 is 6.29 Å². The van der Waals surface area contributed by atoms with Crippen molar-refractivity contribution in [3.8, 4) is 0 Å². The Hall–Kier alpha value is -0.0761. The van der Waals surface area contributed by atoms with Gasteiger partial charge in [0.15, 0.2) is 0 Å². The summed E-state index contributed by atoms with van der Waals surface area (Å²) >= 11 is 0. The van der Waals surface area contributed by atoms with E-state index in [1.54, 1.807) is 18.3 Å². The van der Waals surface area contributed by atoms with Crippen molar-refractivity contribution in [1.82, 2.24) is 4.98 Å². The van der Waals surface area contributed by atoms with Crippen LogP contribution in [0.2, 0.25) is 0 Å². The maximum Gasteiger partial charge on any atom is 0.0663 e. The second kappa shape index (κ2) is 7.04. The van der Waals surface area contributed by atoms with E-state index in [1.165, 1.54) is 0 Å². The van der Waals surface area contributed by atoms with E-state index in [-0.39, 0.29) is 40.1 Å². The van der Waals surface area contributed by atoms with Gasteiger partial charge in [-0.05, 0) is 11.9 Å². The standard InChI is InChI=1S/C6H4NO.CH3.Y/c8-5-6-3-1-2-4-7-6;;/h1-2,4-5H;1H3;/q2*-1;. The van der Waals surface area contributed by atoms with Crippen molar-refractivity contribution in [2.45, 2.75) is 0 Å². The fraction of sp³-hybridized carbons (Fsp3) is 0. The fourth-order valence-corrected chi connectivity index (χ4v) is 0.402. The number of hydrogen-bond acceptors (Lipinski definition) is 2. The van der Waals surface area contributed by atoms with Gasteiger partial charge in [0.1, 0.15) is 0 Å². The summed E-state index contributed by atoms with van der Waals surface area (Å²) < 4.78 is 0. The van der Waals surface area contributed by atoms with Crippen molar-refractivity contribution in [2.24, 2.45) is 0 Å². The van der Waals surface area contributed by atoms with Gasteiger partial charge in [-0.15, -0.1) is 6.07 Å². The summed E-state index contributed by atoms with van der Waals surface area (Å²) in [5.41, 5.74) is 0.354. The van der Waals surface area contributed by atoms with Gasteiger partial charge in [0, 0.05) is 32.7 Å². The summed E-state index contributed by atoms with van der Waals surface area (Å²) in [5.74, 6) is 0. The SMILES string of the molecule is O=Cc1[c-]cccn1.[CH3-].[Y]. The van der Waals surface area contributed by atoms with Crippen LogP contribution in [0.25, 0.3) is 0 Å². The smallest absolute Gasteiger partial charge is 0.0663 e. The molecule has 2 nitrogen and oxygen atoms in total. The maximum atomic E-state index is 9.91. The first kappa shape index (κ1) is 12.6. The van der Waals surface area contributed by atoms with E-state index in [1.807, 2.05) is 0 Å². The topological polar surface area (TPSA) is 30.0 Å². The number of aldehydes is 1. The first-order valence-electron chi connectivity index (χ1n) is 2.21. The van der Waals surface area contributed by atoms with Gasteiger partial charge in [-0.25, -0.2) is 0 Å². The molecule has 0 spiro atoms. The number of nitrogens with zero attached hydrogens (tertiary/aromatic N) is 1. The number of rotatable bonds is 1. The Bertz CT molecular complexity index is 176. The Labute approximate surface area is 85.9 Å². The molecule has 0 aromatic carbocycles. The molecule has 3 heteroatoms. The molecule has 0 amide bonds. The van der Waals surface area contributed by atoms with E-state index in [0.717, 1.165) is 0 Å². The quantitative estimate of drug-likeness (QED) is 0.513. The van der Waals surface area contributed by atoms with Gasteiger partial charge >= 0.3 is 0 Å². The molecule has 51 valence electrons. The summed E-state index contributed by atoms with van der Waals surface area (Å²) in [7, 11) is 0. The number of carbonyl (C=O) groups excluding carboxylic acids is 1. The largest absolute Gasteiger partial charge is 0.372 e.